The van der Waals surface area contributed by atoms with Crippen LogP contribution in [0.1, 0.15) is 32.1 Å². The fourth-order valence-electron chi connectivity index (χ4n) is 3.02. The van der Waals surface area contributed by atoms with Gasteiger partial charge in [-0.2, -0.15) is 0 Å². The first-order valence-corrected chi connectivity index (χ1v) is 8.60. The first-order valence-electron chi connectivity index (χ1n) is 7.81. The fourth-order valence-corrected chi connectivity index (χ4v) is 3.53. The molecule has 0 atom stereocenters. The van der Waals surface area contributed by atoms with Gasteiger partial charge in [0.2, 0.25) is 0 Å². The molecule has 1 nitrogen and oxygen atoms in total. The van der Waals surface area contributed by atoms with E-state index >= 15 is 0 Å². The lowest BCUT2D eigenvalue weighted by molar-refractivity contribution is 0.209. The minimum Gasteiger partial charge on any atom is -0.493 e. The largest absolute Gasteiger partial charge is 0.493 e. The second-order valence-electron chi connectivity index (χ2n) is 5.82. The monoisotopic (exact) mass is 344 g/mol. The minimum atomic E-state index is 0.742. The van der Waals surface area contributed by atoms with E-state index in [1.54, 1.807) is 0 Å². The van der Waals surface area contributed by atoms with Crippen LogP contribution in [0.5, 0.6) is 5.75 Å². The molecule has 0 unspecified atom stereocenters. The van der Waals surface area contributed by atoms with Crippen LogP contribution < -0.4 is 4.74 Å². The Kier molecular flexibility index (Phi) is 4.97. The topological polar surface area (TPSA) is 9.23 Å². The van der Waals surface area contributed by atoms with Gasteiger partial charge in [-0.25, -0.2) is 0 Å². The lowest BCUT2D eigenvalue weighted by atomic mass is 9.90. The molecular formula is C19H21BrO. The van der Waals surface area contributed by atoms with Gasteiger partial charge in [-0.1, -0.05) is 65.5 Å². The van der Waals surface area contributed by atoms with Crippen LogP contribution in [0.15, 0.2) is 53.0 Å². The first-order chi connectivity index (χ1) is 10.3. The summed E-state index contributed by atoms with van der Waals surface area (Å²) in [6.45, 7) is 0.861. The summed E-state index contributed by atoms with van der Waals surface area (Å²) >= 11 is 3.62. The van der Waals surface area contributed by atoms with Gasteiger partial charge in [-0.15, -0.1) is 0 Å². The van der Waals surface area contributed by atoms with Gasteiger partial charge in [0.15, 0.2) is 0 Å². The van der Waals surface area contributed by atoms with Crippen LogP contribution in [0.2, 0.25) is 0 Å². The Balaban J connectivity index is 1.70. The van der Waals surface area contributed by atoms with E-state index in [-0.39, 0.29) is 0 Å². The molecule has 0 N–H and O–H groups in total. The van der Waals surface area contributed by atoms with Crippen molar-refractivity contribution in [2.75, 3.05) is 6.61 Å². The van der Waals surface area contributed by atoms with Crippen molar-refractivity contribution in [3.8, 4) is 16.9 Å². The second kappa shape index (κ2) is 7.13. The van der Waals surface area contributed by atoms with Gasteiger partial charge in [0.1, 0.15) is 5.75 Å². The summed E-state index contributed by atoms with van der Waals surface area (Å²) in [5, 5.41) is 0. The molecule has 0 spiro atoms. The molecule has 3 rings (SSSR count). The Morgan fingerprint density at radius 2 is 1.76 bits per heavy atom. The van der Waals surface area contributed by atoms with Gasteiger partial charge < -0.3 is 4.74 Å². The van der Waals surface area contributed by atoms with Gasteiger partial charge >= 0.3 is 0 Å². The molecule has 2 heteroatoms. The fraction of sp³-hybridized carbons (Fsp3) is 0.368. The van der Waals surface area contributed by atoms with E-state index in [4.69, 9.17) is 4.74 Å². The predicted molar refractivity (Wildman–Crippen MR) is 91.6 cm³/mol. The number of hydrogen-bond donors (Lipinski definition) is 0. The molecule has 1 fully saturated rings. The minimum absolute atomic E-state index is 0.742. The second-order valence-corrected chi connectivity index (χ2v) is 6.68. The van der Waals surface area contributed by atoms with Crippen molar-refractivity contribution in [1.82, 2.24) is 0 Å². The molecule has 1 aliphatic rings. The maximum atomic E-state index is 6.03. The van der Waals surface area contributed by atoms with Crippen molar-refractivity contribution in [2.24, 2.45) is 5.92 Å². The van der Waals surface area contributed by atoms with Crippen molar-refractivity contribution in [2.45, 2.75) is 32.1 Å². The SMILES string of the molecule is Brc1ccccc1-c1cccc(OCC2CCCCC2)c1. The summed E-state index contributed by atoms with van der Waals surface area (Å²) in [5.41, 5.74) is 2.41. The molecule has 2 aromatic rings. The van der Waals surface area contributed by atoms with Crippen LogP contribution in [-0.2, 0) is 0 Å². The summed E-state index contributed by atoms with van der Waals surface area (Å²) in [4.78, 5) is 0. The van der Waals surface area contributed by atoms with E-state index in [1.165, 1.54) is 43.2 Å². The molecule has 1 aliphatic carbocycles. The van der Waals surface area contributed by atoms with E-state index in [1.807, 2.05) is 6.07 Å². The molecule has 0 radical (unpaired) electrons. The molecule has 2 aromatic carbocycles. The number of halogens is 1. The van der Waals surface area contributed by atoms with Crippen LogP contribution in [-0.4, -0.2) is 6.61 Å². The Labute approximate surface area is 135 Å². The smallest absolute Gasteiger partial charge is 0.119 e. The molecule has 0 heterocycles. The van der Waals surface area contributed by atoms with Gasteiger partial charge in [0.25, 0.3) is 0 Å². The van der Waals surface area contributed by atoms with Crippen LogP contribution in [0.25, 0.3) is 11.1 Å². The van der Waals surface area contributed by atoms with Crippen molar-refractivity contribution < 1.29 is 4.74 Å². The molecular weight excluding hydrogens is 324 g/mol. The summed E-state index contributed by atoms with van der Waals surface area (Å²) < 4.78 is 7.15. The number of hydrogen-bond acceptors (Lipinski definition) is 1. The zero-order valence-corrected chi connectivity index (χ0v) is 13.8. The average molecular weight is 345 g/mol. The van der Waals surface area contributed by atoms with Crippen LogP contribution in [0, 0.1) is 5.92 Å². The lowest BCUT2D eigenvalue weighted by Crippen LogP contribution is -2.15. The molecule has 1 saturated carbocycles. The highest BCUT2D eigenvalue weighted by Crippen LogP contribution is 2.31. The zero-order valence-electron chi connectivity index (χ0n) is 12.2. The van der Waals surface area contributed by atoms with Gasteiger partial charge in [-0.3, -0.25) is 0 Å². The van der Waals surface area contributed by atoms with E-state index in [9.17, 15) is 0 Å². The van der Waals surface area contributed by atoms with Gasteiger partial charge in [0.05, 0.1) is 6.61 Å². The number of ether oxygens (including phenoxy) is 1. The summed E-state index contributed by atoms with van der Waals surface area (Å²) in [6, 6.07) is 16.7. The Morgan fingerprint density at radius 3 is 2.57 bits per heavy atom. The van der Waals surface area contributed by atoms with Crippen molar-refractivity contribution >= 4 is 15.9 Å². The number of benzene rings is 2. The molecule has 0 saturated heterocycles. The predicted octanol–water partition coefficient (Wildman–Crippen LogP) is 6.08. The molecule has 0 amide bonds. The summed E-state index contributed by atoms with van der Waals surface area (Å²) in [7, 11) is 0. The van der Waals surface area contributed by atoms with Crippen molar-refractivity contribution in [1.29, 1.82) is 0 Å². The third-order valence-electron chi connectivity index (χ3n) is 4.23. The first kappa shape index (κ1) is 14.6. The molecule has 0 aromatic heterocycles. The third kappa shape index (κ3) is 3.88. The normalized spacial score (nSPS) is 15.9. The quantitative estimate of drug-likeness (QED) is 0.653. The average Bonchev–Trinajstić information content (AvgIpc) is 2.55. The Bertz CT molecular complexity index is 588. The maximum Gasteiger partial charge on any atom is 0.119 e. The molecule has 0 aliphatic heterocycles. The van der Waals surface area contributed by atoms with Crippen molar-refractivity contribution in [3.63, 3.8) is 0 Å². The summed E-state index contributed by atoms with van der Waals surface area (Å²) in [5.74, 6) is 1.72. The lowest BCUT2D eigenvalue weighted by Gasteiger charge is -2.21. The van der Waals surface area contributed by atoms with E-state index in [0.29, 0.717) is 0 Å². The highest BCUT2D eigenvalue weighted by molar-refractivity contribution is 9.10. The molecule has 110 valence electrons. The van der Waals surface area contributed by atoms with Gasteiger partial charge in [-0.05, 0) is 48.1 Å². The number of rotatable bonds is 4. The zero-order chi connectivity index (χ0) is 14.5. The standard InChI is InChI=1S/C19H21BrO/c20-19-12-5-4-11-18(19)16-9-6-10-17(13-16)21-14-15-7-2-1-3-8-15/h4-6,9-13,15H,1-3,7-8,14H2. The summed E-state index contributed by atoms with van der Waals surface area (Å²) in [6.07, 6.45) is 6.78. The van der Waals surface area contributed by atoms with E-state index < -0.39 is 0 Å². The molecule has 0 bridgehead atoms. The Morgan fingerprint density at radius 1 is 0.952 bits per heavy atom. The highest BCUT2D eigenvalue weighted by atomic mass is 79.9. The third-order valence-corrected chi connectivity index (χ3v) is 4.92. The van der Waals surface area contributed by atoms with Crippen molar-refractivity contribution in [3.05, 3.63) is 53.0 Å². The van der Waals surface area contributed by atoms with Crippen LogP contribution in [0.3, 0.4) is 0 Å². The van der Waals surface area contributed by atoms with Crippen LogP contribution >= 0.6 is 15.9 Å². The van der Waals surface area contributed by atoms with Crippen LogP contribution in [0.4, 0.5) is 0 Å². The van der Waals surface area contributed by atoms with Gasteiger partial charge in [0, 0.05) is 4.47 Å². The highest BCUT2D eigenvalue weighted by Gasteiger charge is 2.14. The maximum absolute atomic E-state index is 6.03. The molecule has 21 heavy (non-hydrogen) atoms. The van der Waals surface area contributed by atoms with E-state index in [0.717, 1.165) is 22.7 Å². The van der Waals surface area contributed by atoms with E-state index in [2.05, 4.69) is 58.4 Å². The Hall–Kier alpha value is -1.28.